The van der Waals surface area contributed by atoms with Crippen LogP contribution in [-0.2, 0) is 15.6 Å². The van der Waals surface area contributed by atoms with Gasteiger partial charge < -0.3 is 4.74 Å². The maximum atomic E-state index is 12.1. The molecule has 0 unspecified atom stereocenters. The second kappa shape index (κ2) is 5.82. The van der Waals surface area contributed by atoms with Crippen molar-refractivity contribution in [1.82, 2.24) is 4.98 Å². The van der Waals surface area contributed by atoms with Crippen LogP contribution >= 0.6 is 22.9 Å². The van der Waals surface area contributed by atoms with Crippen LogP contribution in [0.2, 0.25) is 4.34 Å². The fraction of sp³-hybridized carbons (Fsp3) is 0.182. The van der Waals surface area contributed by atoms with Crippen molar-refractivity contribution in [2.45, 2.75) is 16.5 Å². The average molecular weight is 358 g/mol. The minimum Gasteiger partial charge on any atom is -0.406 e. The number of hydrogen-bond donors (Lipinski definition) is 0. The monoisotopic (exact) mass is 357 g/mol. The van der Waals surface area contributed by atoms with Gasteiger partial charge in [-0.1, -0.05) is 35.1 Å². The Labute approximate surface area is 127 Å². The van der Waals surface area contributed by atoms with Gasteiger partial charge in [0.25, 0.3) is 0 Å². The SMILES string of the molecule is O=S(=O)(Cc1cccc(OC(F)(F)F)c1)c1ncc(Cl)s1. The highest BCUT2D eigenvalue weighted by atomic mass is 35.5. The first-order valence-corrected chi connectivity index (χ1v) is 8.19. The normalized spacial score (nSPS) is 12.4. The van der Waals surface area contributed by atoms with Crippen molar-refractivity contribution in [2.24, 2.45) is 0 Å². The van der Waals surface area contributed by atoms with E-state index in [1.54, 1.807) is 0 Å². The zero-order chi connectivity index (χ0) is 15.7. The number of rotatable bonds is 4. The third kappa shape index (κ3) is 4.58. The van der Waals surface area contributed by atoms with Crippen LogP contribution in [0.25, 0.3) is 0 Å². The van der Waals surface area contributed by atoms with Gasteiger partial charge in [0.15, 0.2) is 0 Å². The number of sulfone groups is 1. The van der Waals surface area contributed by atoms with E-state index in [-0.39, 0.29) is 14.2 Å². The molecule has 0 bridgehead atoms. The molecule has 2 aromatic rings. The van der Waals surface area contributed by atoms with Crippen LogP contribution in [0.5, 0.6) is 5.75 Å². The average Bonchev–Trinajstić information content (AvgIpc) is 2.74. The van der Waals surface area contributed by atoms with Gasteiger partial charge >= 0.3 is 6.36 Å². The van der Waals surface area contributed by atoms with Gasteiger partial charge in [0.05, 0.1) is 11.9 Å². The smallest absolute Gasteiger partial charge is 0.406 e. The molecule has 0 aliphatic carbocycles. The van der Waals surface area contributed by atoms with Crippen LogP contribution in [0.3, 0.4) is 0 Å². The van der Waals surface area contributed by atoms with Gasteiger partial charge in [0.1, 0.15) is 10.1 Å². The van der Waals surface area contributed by atoms with Gasteiger partial charge in [-0.2, -0.15) is 0 Å². The summed E-state index contributed by atoms with van der Waals surface area (Å²) >= 11 is 6.40. The summed E-state index contributed by atoms with van der Waals surface area (Å²) in [5.41, 5.74) is 0.156. The third-order valence-electron chi connectivity index (χ3n) is 2.21. The van der Waals surface area contributed by atoms with Crippen molar-refractivity contribution in [3.63, 3.8) is 0 Å². The molecule has 1 aromatic heterocycles. The van der Waals surface area contributed by atoms with E-state index in [9.17, 15) is 21.6 Å². The van der Waals surface area contributed by atoms with Gasteiger partial charge in [-0.25, -0.2) is 13.4 Å². The molecule has 0 saturated carbocycles. The fourth-order valence-corrected chi connectivity index (χ4v) is 4.19. The number of ether oxygens (including phenoxy) is 1. The molecule has 0 spiro atoms. The number of nitrogens with zero attached hydrogens (tertiary/aromatic N) is 1. The lowest BCUT2D eigenvalue weighted by Crippen LogP contribution is -2.17. The zero-order valence-corrected chi connectivity index (χ0v) is 12.5. The predicted octanol–water partition coefficient (Wildman–Crippen LogP) is 3.67. The Hall–Kier alpha value is -1.32. The number of halogens is 4. The van der Waals surface area contributed by atoms with E-state index in [4.69, 9.17) is 11.6 Å². The molecule has 114 valence electrons. The van der Waals surface area contributed by atoms with E-state index in [0.717, 1.165) is 23.5 Å². The summed E-state index contributed by atoms with van der Waals surface area (Å²) < 4.78 is 64.2. The molecule has 0 saturated heterocycles. The van der Waals surface area contributed by atoms with E-state index >= 15 is 0 Å². The molecule has 0 N–H and O–H groups in total. The highest BCUT2D eigenvalue weighted by molar-refractivity contribution is 7.92. The van der Waals surface area contributed by atoms with E-state index in [1.165, 1.54) is 18.3 Å². The molecule has 0 radical (unpaired) electrons. The van der Waals surface area contributed by atoms with Crippen molar-refractivity contribution >= 4 is 32.8 Å². The minimum atomic E-state index is -4.83. The molecule has 0 aliphatic rings. The molecule has 4 nitrogen and oxygen atoms in total. The highest BCUT2D eigenvalue weighted by Gasteiger charge is 2.31. The summed E-state index contributed by atoms with van der Waals surface area (Å²) in [5, 5.41) is 0. The Morgan fingerprint density at radius 1 is 1.33 bits per heavy atom. The van der Waals surface area contributed by atoms with E-state index in [0.29, 0.717) is 0 Å². The first-order chi connectivity index (χ1) is 9.66. The topological polar surface area (TPSA) is 56.3 Å². The Balaban J connectivity index is 2.22. The third-order valence-corrected chi connectivity index (χ3v) is 5.48. The second-order valence-corrected chi connectivity index (χ2v) is 7.71. The second-order valence-electron chi connectivity index (χ2n) is 3.88. The molecular weight excluding hydrogens is 351 g/mol. The summed E-state index contributed by atoms with van der Waals surface area (Å²) in [6.07, 6.45) is -3.64. The molecule has 1 aromatic carbocycles. The van der Waals surface area contributed by atoms with Gasteiger partial charge in [0, 0.05) is 0 Å². The first kappa shape index (κ1) is 16.1. The van der Waals surface area contributed by atoms with Gasteiger partial charge in [-0.15, -0.1) is 13.2 Å². The Morgan fingerprint density at radius 2 is 2.05 bits per heavy atom. The molecule has 21 heavy (non-hydrogen) atoms. The minimum absolute atomic E-state index is 0.156. The van der Waals surface area contributed by atoms with Gasteiger partial charge in [-0.05, 0) is 17.7 Å². The van der Waals surface area contributed by atoms with E-state index in [1.807, 2.05) is 0 Å². The standard InChI is InChI=1S/C11H7ClF3NO3S2/c12-9-5-16-10(20-9)21(17,18)6-7-2-1-3-8(4-7)19-11(13,14)15/h1-5H,6H2. The van der Waals surface area contributed by atoms with Crippen LogP contribution in [-0.4, -0.2) is 19.8 Å². The lowest BCUT2D eigenvalue weighted by molar-refractivity contribution is -0.274. The molecule has 10 heteroatoms. The number of hydrogen-bond acceptors (Lipinski definition) is 5. The maximum Gasteiger partial charge on any atom is 0.573 e. The zero-order valence-electron chi connectivity index (χ0n) is 10.1. The van der Waals surface area contributed by atoms with Gasteiger partial charge in [0.2, 0.25) is 14.2 Å². The Kier molecular flexibility index (Phi) is 4.45. The van der Waals surface area contributed by atoms with Crippen molar-refractivity contribution < 1.29 is 26.3 Å². The van der Waals surface area contributed by atoms with Crippen LogP contribution in [0.4, 0.5) is 13.2 Å². The fourth-order valence-electron chi connectivity index (χ4n) is 1.50. The number of benzene rings is 1. The Bertz CT molecular complexity index is 743. The highest BCUT2D eigenvalue weighted by Crippen LogP contribution is 2.27. The summed E-state index contributed by atoms with van der Waals surface area (Å²) in [5.74, 6) is -0.973. The maximum absolute atomic E-state index is 12.1. The molecular formula is C11H7ClF3NO3S2. The van der Waals surface area contributed by atoms with Gasteiger partial charge in [-0.3, -0.25) is 0 Å². The number of aromatic nitrogens is 1. The van der Waals surface area contributed by atoms with Crippen molar-refractivity contribution in [3.05, 3.63) is 40.4 Å². The largest absolute Gasteiger partial charge is 0.573 e. The van der Waals surface area contributed by atoms with Crippen molar-refractivity contribution in [1.29, 1.82) is 0 Å². The quantitative estimate of drug-likeness (QED) is 0.837. The lowest BCUT2D eigenvalue weighted by Gasteiger charge is -2.09. The van der Waals surface area contributed by atoms with Crippen molar-refractivity contribution in [2.75, 3.05) is 0 Å². The summed E-state index contributed by atoms with van der Waals surface area (Å²) in [6, 6.07) is 4.76. The van der Waals surface area contributed by atoms with Crippen LogP contribution < -0.4 is 4.74 Å². The summed E-state index contributed by atoms with van der Waals surface area (Å²) in [4.78, 5) is 3.65. The van der Waals surface area contributed by atoms with E-state index in [2.05, 4.69) is 9.72 Å². The molecule has 0 atom stereocenters. The van der Waals surface area contributed by atoms with Crippen LogP contribution in [0.1, 0.15) is 5.56 Å². The molecule has 0 amide bonds. The van der Waals surface area contributed by atoms with Crippen LogP contribution in [0.15, 0.2) is 34.8 Å². The van der Waals surface area contributed by atoms with Crippen molar-refractivity contribution in [3.8, 4) is 5.75 Å². The molecule has 0 aliphatic heterocycles. The summed E-state index contributed by atoms with van der Waals surface area (Å²) in [6.45, 7) is 0. The Morgan fingerprint density at radius 3 is 2.62 bits per heavy atom. The number of thiazole rings is 1. The first-order valence-electron chi connectivity index (χ1n) is 5.34. The van der Waals surface area contributed by atoms with Crippen LogP contribution in [0, 0.1) is 0 Å². The molecule has 0 fully saturated rings. The molecule has 1 heterocycles. The lowest BCUT2D eigenvalue weighted by atomic mass is 10.2. The number of alkyl halides is 3. The van der Waals surface area contributed by atoms with E-state index < -0.39 is 27.7 Å². The molecule has 2 rings (SSSR count). The summed E-state index contributed by atoms with van der Waals surface area (Å²) in [7, 11) is -3.77. The predicted molar refractivity (Wildman–Crippen MR) is 71.1 cm³/mol.